The average Bonchev–Trinajstić information content (AvgIpc) is 2.78. The maximum atomic E-state index is 12.5. The van der Waals surface area contributed by atoms with Crippen molar-refractivity contribution < 1.29 is 13.2 Å². The van der Waals surface area contributed by atoms with E-state index in [-0.39, 0.29) is 10.7 Å². The smallest absolute Gasteiger partial charge is 0.285 e. The van der Waals surface area contributed by atoms with E-state index in [0.29, 0.717) is 27.6 Å². The number of methoxy groups -OCH3 is 1. The van der Waals surface area contributed by atoms with Crippen molar-refractivity contribution in [3.63, 3.8) is 0 Å². The molecule has 1 heterocycles. The maximum Gasteiger partial charge on any atom is 0.285 e. The lowest BCUT2D eigenvalue weighted by Gasteiger charge is -2.09. The van der Waals surface area contributed by atoms with Crippen molar-refractivity contribution in [1.82, 2.24) is 0 Å². The van der Waals surface area contributed by atoms with E-state index in [1.807, 2.05) is 19.1 Å². The van der Waals surface area contributed by atoms with Crippen LogP contribution in [0, 0.1) is 6.92 Å². The summed E-state index contributed by atoms with van der Waals surface area (Å²) in [5, 5.41) is 3.45. The third-order valence-corrected chi connectivity index (χ3v) is 5.67. The Morgan fingerprint density at radius 3 is 2.36 bits per heavy atom. The van der Waals surface area contributed by atoms with Crippen LogP contribution in [0.15, 0.2) is 52.4 Å². The summed E-state index contributed by atoms with van der Waals surface area (Å²) in [5.74, 6) is 0.831. The summed E-state index contributed by atoms with van der Waals surface area (Å²) < 4.78 is 34.0. The number of sulfonamides is 1. The molecule has 130 valence electrons. The molecule has 25 heavy (non-hydrogen) atoms. The van der Waals surface area contributed by atoms with Gasteiger partial charge in [0.2, 0.25) is 0 Å². The van der Waals surface area contributed by atoms with Crippen LogP contribution in [0.2, 0.25) is 5.02 Å². The Kier molecular flexibility index (Phi) is 4.58. The van der Waals surface area contributed by atoms with Crippen molar-refractivity contribution in [2.45, 2.75) is 13.8 Å². The zero-order valence-electron chi connectivity index (χ0n) is 14.0. The number of anilines is 1. The van der Waals surface area contributed by atoms with E-state index in [4.69, 9.17) is 16.3 Å². The molecular formula is C18H17ClN2O3S. The Morgan fingerprint density at radius 2 is 1.76 bits per heavy atom. The molecule has 0 amide bonds. The van der Waals surface area contributed by atoms with Gasteiger partial charge < -0.3 is 10.1 Å². The summed E-state index contributed by atoms with van der Waals surface area (Å²) >= 11 is 6.11. The molecule has 7 heteroatoms. The van der Waals surface area contributed by atoms with Gasteiger partial charge in [0, 0.05) is 11.3 Å². The highest BCUT2D eigenvalue weighted by Crippen LogP contribution is 2.34. The number of aryl methyl sites for hydroxylation is 1. The lowest BCUT2D eigenvalue weighted by atomic mass is 10.1. The van der Waals surface area contributed by atoms with Gasteiger partial charge in [-0.25, -0.2) is 0 Å². The van der Waals surface area contributed by atoms with Crippen LogP contribution < -0.4 is 10.1 Å². The van der Waals surface area contributed by atoms with Crippen LogP contribution in [0.5, 0.6) is 5.75 Å². The fourth-order valence-corrected chi connectivity index (χ4v) is 4.29. The Bertz CT molecular complexity index is 993. The van der Waals surface area contributed by atoms with Crippen LogP contribution in [-0.4, -0.2) is 21.4 Å². The number of halogens is 1. The van der Waals surface area contributed by atoms with E-state index in [0.717, 1.165) is 5.56 Å². The quantitative estimate of drug-likeness (QED) is 0.869. The zero-order valence-corrected chi connectivity index (χ0v) is 15.6. The summed E-state index contributed by atoms with van der Waals surface area (Å²) in [6, 6.07) is 12.4. The molecule has 5 nitrogen and oxygen atoms in total. The minimum atomic E-state index is -3.75. The van der Waals surface area contributed by atoms with Crippen molar-refractivity contribution >= 4 is 38.1 Å². The van der Waals surface area contributed by atoms with Gasteiger partial charge >= 0.3 is 0 Å². The van der Waals surface area contributed by atoms with Gasteiger partial charge in [0.1, 0.15) is 16.5 Å². The third kappa shape index (κ3) is 3.41. The molecule has 0 bridgehead atoms. The van der Waals surface area contributed by atoms with E-state index in [2.05, 4.69) is 9.71 Å². The third-order valence-electron chi connectivity index (χ3n) is 3.89. The molecule has 1 aliphatic rings. The number of hydrogen-bond acceptors (Lipinski definition) is 4. The lowest BCUT2D eigenvalue weighted by Crippen LogP contribution is -2.11. The SMILES string of the molecule is COc1ccc(NC2=NS(=O)(=O)C(c3ccc(C)cc3)=C2C)cc1Cl. The van der Waals surface area contributed by atoms with E-state index in [9.17, 15) is 8.42 Å². The van der Waals surface area contributed by atoms with E-state index < -0.39 is 10.0 Å². The highest BCUT2D eigenvalue weighted by molar-refractivity contribution is 8.00. The minimum absolute atomic E-state index is 0.217. The van der Waals surface area contributed by atoms with Crippen molar-refractivity contribution in [2.75, 3.05) is 12.4 Å². The van der Waals surface area contributed by atoms with Gasteiger partial charge in [-0.1, -0.05) is 41.4 Å². The van der Waals surface area contributed by atoms with Gasteiger partial charge in [-0.15, -0.1) is 4.40 Å². The molecule has 2 aromatic carbocycles. The van der Waals surface area contributed by atoms with E-state index in [1.165, 1.54) is 7.11 Å². The van der Waals surface area contributed by atoms with Gasteiger partial charge in [0.05, 0.1) is 12.1 Å². The Labute approximate surface area is 152 Å². The number of hydrogen-bond donors (Lipinski definition) is 1. The molecule has 0 unspecified atom stereocenters. The fraction of sp³-hybridized carbons (Fsp3) is 0.167. The molecule has 0 saturated heterocycles. The molecule has 0 fully saturated rings. The molecule has 3 rings (SSSR count). The minimum Gasteiger partial charge on any atom is -0.495 e. The van der Waals surface area contributed by atoms with E-state index >= 15 is 0 Å². The fourth-order valence-electron chi connectivity index (χ4n) is 2.60. The predicted molar refractivity (Wildman–Crippen MR) is 102 cm³/mol. The first-order chi connectivity index (χ1) is 11.8. The predicted octanol–water partition coefficient (Wildman–Crippen LogP) is 4.24. The molecule has 0 aliphatic carbocycles. The Hall–Kier alpha value is -2.31. The van der Waals surface area contributed by atoms with Crippen LogP contribution in [0.1, 0.15) is 18.1 Å². The van der Waals surface area contributed by atoms with Gasteiger partial charge in [-0.2, -0.15) is 8.42 Å². The van der Waals surface area contributed by atoms with Crippen molar-refractivity contribution in [2.24, 2.45) is 4.40 Å². The second-order valence-electron chi connectivity index (χ2n) is 5.71. The highest BCUT2D eigenvalue weighted by atomic mass is 35.5. The first-order valence-electron chi connectivity index (χ1n) is 7.55. The first-order valence-corrected chi connectivity index (χ1v) is 9.37. The molecule has 1 N–H and O–H groups in total. The van der Waals surface area contributed by atoms with Gasteiger partial charge in [-0.05, 0) is 37.6 Å². The molecule has 1 aliphatic heterocycles. The maximum absolute atomic E-state index is 12.5. The number of benzene rings is 2. The van der Waals surface area contributed by atoms with E-state index in [1.54, 1.807) is 37.3 Å². The summed E-state index contributed by atoms with van der Waals surface area (Å²) in [7, 11) is -2.22. The summed E-state index contributed by atoms with van der Waals surface area (Å²) in [6.45, 7) is 3.68. The molecule has 2 aromatic rings. The Morgan fingerprint density at radius 1 is 1.08 bits per heavy atom. The first kappa shape index (κ1) is 17.5. The monoisotopic (exact) mass is 376 g/mol. The van der Waals surface area contributed by atoms with Gasteiger partial charge in [0.25, 0.3) is 10.0 Å². The lowest BCUT2D eigenvalue weighted by molar-refractivity contribution is 0.415. The molecule has 0 saturated carbocycles. The molecule has 0 aromatic heterocycles. The normalized spacial score (nSPS) is 15.9. The van der Waals surface area contributed by atoms with Crippen molar-refractivity contribution in [3.8, 4) is 5.75 Å². The summed E-state index contributed by atoms with van der Waals surface area (Å²) in [4.78, 5) is 0.217. The van der Waals surface area contributed by atoms with Crippen LogP contribution in [-0.2, 0) is 10.0 Å². The largest absolute Gasteiger partial charge is 0.495 e. The average molecular weight is 377 g/mol. The standard InChI is InChI=1S/C18H17ClN2O3S/c1-11-4-6-13(7-5-11)17-12(2)18(21-25(17,22)23)20-14-8-9-16(24-3)15(19)10-14/h4-10H,1-3H3,(H,20,21). The highest BCUT2D eigenvalue weighted by Gasteiger charge is 2.31. The Balaban J connectivity index is 1.98. The number of rotatable bonds is 3. The van der Waals surface area contributed by atoms with Crippen LogP contribution in [0.25, 0.3) is 4.91 Å². The van der Waals surface area contributed by atoms with Crippen molar-refractivity contribution in [3.05, 3.63) is 64.2 Å². The summed E-state index contributed by atoms with van der Waals surface area (Å²) in [6.07, 6.45) is 0. The molecular weight excluding hydrogens is 360 g/mol. The van der Waals surface area contributed by atoms with Gasteiger partial charge in [-0.3, -0.25) is 0 Å². The van der Waals surface area contributed by atoms with Crippen LogP contribution >= 0.6 is 11.6 Å². The number of nitrogens with one attached hydrogen (secondary N) is 1. The number of ether oxygens (including phenoxy) is 1. The topological polar surface area (TPSA) is 67.8 Å². The molecule has 0 atom stereocenters. The summed E-state index contributed by atoms with van der Waals surface area (Å²) in [5.41, 5.74) is 2.88. The number of nitrogens with zero attached hydrogens (tertiary/aromatic N) is 1. The van der Waals surface area contributed by atoms with Crippen molar-refractivity contribution in [1.29, 1.82) is 0 Å². The molecule has 0 spiro atoms. The number of amidine groups is 1. The zero-order chi connectivity index (χ0) is 18.2. The van der Waals surface area contributed by atoms with Crippen LogP contribution in [0.4, 0.5) is 5.69 Å². The van der Waals surface area contributed by atoms with Gasteiger partial charge in [0.15, 0.2) is 0 Å². The van der Waals surface area contributed by atoms with Crippen LogP contribution in [0.3, 0.4) is 0 Å². The second kappa shape index (κ2) is 6.54. The molecule has 0 radical (unpaired) electrons. The second-order valence-corrected chi connectivity index (χ2v) is 7.66.